The van der Waals surface area contributed by atoms with Crippen molar-refractivity contribution < 1.29 is 0 Å². The lowest BCUT2D eigenvalue weighted by Gasteiger charge is -2.47. The number of fused-ring (bicyclic) bond motifs is 4. The van der Waals surface area contributed by atoms with Crippen molar-refractivity contribution in [2.45, 2.75) is 68.4 Å². The topological polar surface area (TPSA) is 24.1 Å². The zero-order valence-electron chi connectivity index (χ0n) is 26.8. The monoisotopic (exact) mass is 658 g/mol. The van der Waals surface area contributed by atoms with E-state index in [0.29, 0.717) is 12.1 Å². The predicted octanol–water partition coefficient (Wildman–Crippen LogP) is 10.4. The van der Waals surface area contributed by atoms with Crippen LogP contribution in [-0.4, -0.2) is 12.1 Å². The van der Waals surface area contributed by atoms with Gasteiger partial charge >= 0.3 is 0 Å². The highest BCUT2D eigenvalue weighted by Crippen LogP contribution is 2.53. The van der Waals surface area contributed by atoms with Crippen LogP contribution in [0.15, 0.2) is 177 Å². The lowest BCUT2D eigenvalue weighted by Crippen LogP contribution is -2.55. The van der Waals surface area contributed by atoms with Crippen LogP contribution in [-0.2, 0) is 11.1 Å². The van der Waals surface area contributed by atoms with E-state index in [1.54, 1.807) is 0 Å². The summed E-state index contributed by atoms with van der Waals surface area (Å²) >= 11 is 3.79. The molecule has 1 saturated carbocycles. The Morgan fingerprint density at radius 2 is 0.625 bits per heavy atom. The molecule has 2 N–H and O–H groups in total. The molecule has 236 valence electrons. The van der Waals surface area contributed by atoms with E-state index in [1.807, 2.05) is 23.5 Å². The van der Waals surface area contributed by atoms with Crippen LogP contribution in [0.25, 0.3) is 0 Å². The molecule has 0 amide bonds. The Balaban J connectivity index is 1.07. The van der Waals surface area contributed by atoms with Crippen LogP contribution in [0.3, 0.4) is 0 Å². The number of hydrogen-bond acceptors (Lipinski definition) is 4. The van der Waals surface area contributed by atoms with Crippen molar-refractivity contribution in [3.63, 3.8) is 0 Å². The molecular formula is C44H38N2S2. The van der Waals surface area contributed by atoms with E-state index in [9.17, 15) is 0 Å². The Morgan fingerprint density at radius 1 is 0.354 bits per heavy atom. The van der Waals surface area contributed by atoms with E-state index >= 15 is 0 Å². The molecule has 0 radical (unpaired) electrons. The summed E-state index contributed by atoms with van der Waals surface area (Å²) in [6.45, 7) is 0. The molecule has 6 aromatic carbocycles. The third-order valence-electron chi connectivity index (χ3n) is 10.6. The van der Waals surface area contributed by atoms with Gasteiger partial charge in [-0.05, 0) is 83.3 Å². The van der Waals surface area contributed by atoms with Crippen LogP contribution in [0.2, 0.25) is 0 Å². The fraction of sp³-hybridized carbons (Fsp3) is 0.182. The molecule has 0 aromatic heterocycles. The van der Waals surface area contributed by atoms with Crippen LogP contribution in [0.4, 0.5) is 0 Å². The van der Waals surface area contributed by atoms with Crippen LogP contribution >= 0.6 is 23.5 Å². The van der Waals surface area contributed by atoms with Crippen molar-refractivity contribution in [3.05, 3.63) is 191 Å². The second-order valence-electron chi connectivity index (χ2n) is 13.3. The minimum Gasteiger partial charge on any atom is -0.297 e. The number of nitrogens with one attached hydrogen (secondary N) is 2. The maximum atomic E-state index is 4.35. The highest BCUT2D eigenvalue weighted by Gasteiger charge is 2.46. The van der Waals surface area contributed by atoms with Gasteiger partial charge in [0, 0.05) is 31.7 Å². The second-order valence-corrected chi connectivity index (χ2v) is 15.4. The zero-order valence-corrected chi connectivity index (χ0v) is 28.4. The summed E-state index contributed by atoms with van der Waals surface area (Å²) in [7, 11) is 0. The standard InChI is InChI=1S/C44H38N2S2/c1-3-15-31(16-4-1)43(35-19-7-11-23-39(35)47-40-24-12-8-20-36(40)43)45-33-27-29-34(30-28-33)46-44(32-17-5-2-6-18-32)37-21-9-13-25-41(37)48-42-26-14-10-22-38(42)44/h1-26,33-34,45-46H,27-30H2. The van der Waals surface area contributed by atoms with Crippen molar-refractivity contribution in [2.75, 3.05) is 0 Å². The first-order valence-electron chi connectivity index (χ1n) is 17.2. The fourth-order valence-electron chi connectivity index (χ4n) is 8.46. The van der Waals surface area contributed by atoms with Crippen LogP contribution < -0.4 is 10.6 Å². The fourth-order valence-corrected chi connectivity index (χ4v) is 10.8. The summed E-state index contributed by atoms with van der Waals surface area (Å²) in [4.78, 5) is 5.33. The van der Waals surface area contributed by atoms with Crippen molar-refractivity contribution in [3.8, 4) is 0 Å². The maximum absolute atomic E-state index is 4.35. The molecule has 0 atom stereocenters. The molecule has 48 heavy (non-hydrogen) atoms. The molecule has 3 aliphatic rings. The van der Waals surface area contributed by atoms with Gasteiger partial charge in [0.15, 0.2) is 0 Å². The molecule has 2 nitrogen and oxygen atoms in total. The van der Waals surface area contributed by atoms with Gasteiger partial charge in [-0.15, -0.1) is 0 Å². The van der Waals surface area contributed by atoms with E-state index < -0.39 is 11.1 Å². The summed E-state index contributed by atoms with van der Waals surface area (Å²) < 4.78 is 0. The van der Waals surface area contributed by atoms with E-state index in [1.165, 1.54) is 53.0 Å². The van der Waals surface area contributed by atoms with Gasteiger partial charge in [0.05, 0.1) is 11.1 Å². The van der Waals surface area contributed by atoms with Crippen molar-refractivity contribution in [1.29, 1.82) is 0 Å². The Hall–Kier alpha value is -4.06. The molecule has 4 heteroatoms. The predicted molar refractivity (Wildman–Crippen MR) is 199 cm³/mol. The molecule has 6 aromatic rings. The van der Waals surface area contributed by atoms with E-state index in [-0.39, 0.29) is 0 Å². The highest BCUT2D eigenvalue weighted by atomic mass is 32.2. The van der Waals surface area contributed by atoms with Crippen molar-refractivity contribution >= 4 is 23.5 Å². The van der Waals surface area contributed by atoms with E-state index in [2.05, 4.69) is 168 Å². The molecule has 0 bridgehead atoms. The molecule has 0 spiro atoms. The molecule has 9 rings (SSSR count). The van der Waals surface area contributed by atoms with Crippen LogP contribution in [0, 0.1) is 0 Å². The lowest BCUT2D eigenvalue weighted by atomic mass is 9.74. The van der Waals surface area contributed by atoms with Gasteiger partial charge in [0.1, 0.15) is 0 Å². The van der Waals surface area contributed by atoms with Crippen molar-refractivity contribution in [1.82, 2.24) is 10.6 Å². The molecule has 0 saturated heterocycles. The third-order valence-corrected chi connectivity index (χ3v) is 12.9. The number of hydrogen-bond donors (Lipinski definition) is 2. The van der Waals surface area contributed by atoms with Gasteiger partial charge in [0.25, 0.3) is 0 Å². The van der Waals surface area contributed by atoms with Gasteiger partial charge < -0.3 is 0 Å². The first kappa shape index (κ1) is 30.0. The average molecular weight is 659 g/mol. The first-order chi connectivity index (χ1) is 23.8. The molecule has 2 aliphatic heterocycles. The average Bonchev–Trinajstić information content (AvgIpc) is 3.16. The largest absolute Gasteiger partial charge is 0.297 e. The molecule has 1 aliphatic carbocycles. The smallest absolute Gasteiger partial charge is 0.0972 e. The van der Waals surface area contributed by atoms with Gasteiger partial charge in [-0.2, -0.15) is 0 Å². The first-order valence-corrected chi connectivity index (χ1v) is 18.8. The van der Waals surface area contributed by atoms with Gasteiger partial charge in [-0.25, -0.2) is 0 Å². The molecule has 2 heterocycles. The van der Waals surface area contributed by atoms with Crippen LogP contribution in [0.1, 0.15) is 59.1 Å². The molecule has 0 unspecified atom stereocenters. The molecule has 1 fully saturated rings. The molecular weight excluding hydrogens is 621 g/mol. The Kier molecular flexibility index (Phi) is 7.78. The Bertz CT molecular complexity index is 1830. The highest BCUT2D eigenvalue weighted by molar-refractivity contribution is 7.99. The second kappa shape index (κ2) is 12.4. The number of benzene rings is 6. The van der Waals surface area contributed by atoms with Crippen LogP contribution in [0.5, 0.6) is 0 Å². The van der Waals surface area contributed by atoms with Crippen molar-refractivity contribution in [2.24, 2.45) is 0 Å². The summed E-state index contributed by atoms with van der Waals surface area (Å²) in [5.41, 5.74) is 7.23. The third kappa shape index (κ3) is 4.89. The van der Waals surface area contributed by atoms with E-state index in [4.69, 9.17) is 0 Å². The quantitative estimate of drug-likeness (QED) is 0.186. The maximum Gasteiger partial charge on any atom is 0.0972 e. The van der Waals surface area contributed by atoms with E-state index in [0.717, 1.165) is 25.7 Å². The minimum atomic E-state index is -0.408. The Morgan fingerprint density at radius 3 is 0.938 bits per heavy atom. The lowest BCUT2D eigenvalue weighted by molar-refractivity contribution is 0.246. The van der Waals surface area contributed by atoms with Gasteiger partial charge in [-0.3, -0.25) is 10.6 Å². The number of rotatable bonds is 6. The summed E-state index contributed by atoms with van der Waals surface area (Å²) in [5, 5.41) is 8.70. The summed E-state index contributed by atoms with van der Waals surface area (Å²) in [6.07, 6.45) is 4.42. The minimum absolute atomic E-state index is 0.377. The normalized spacial score (nSPS) is 20.1. The SMILES string of the molecule is c1ccc(C2(NC3CCC(NC4(c5ccccc5)c5ccccc5Sc5ccccc54)CC3)c3ccccc3Sc3ccccc32)cc1. The Labute approximate surface area is 292 Å². The van der Waals surface area contributed by atoms with Gasteiger partial charge in [-0.1, -0.05) is 157 Å². The zero-order chi connectivity index (χ0) is 32.0. The van der Waals surface area contributed by atoms with Gasteiger partial charge in [0.2, 0.25) is 0 Å². The summed E-state index contributed by atoms with van der Waals surface area (Å²) in [5.74, 6) is 0. The summed E-state index contributed by atoms with van der Waals surface area (Å²) in [6, 6.07) is 59.0.